The molecule has 0 aromatic carbocycles. The fourth-order valence-corrected chi connectivity index (χ4v) is 1.43. The zero-order valence-electron chi connectivity index (χ0n) is 8.68. The zero-order chi connectivity index (χ0) is 10.7. The van der Waals surface area contributed by atoms with Gasteiger partial charge in [-0.15, -0.1) is 0 Å². The molecule has 0 saturated heterocycles. The Hall–Kier alpha value is -1.62. The standard InChI is InChI=1S/C10H14N4O/c1-2-9-12-10(15-13-9)7-14-5-3-4-8(14)6-11/h3-5H,2,6-7,11H2,1H3. The van der Waals surface area contributed by atoms with E-state index in [0.29, 0.717) is 19.0 Å². The van der Waals surface area contributed by atoms with Crippen LogP contribution in [-0.2, 0) is 19.5 Å². The van der Waals surface area contributed by atoms with Gasteiger partial charge in [0.2, 0.25) is 5.89 Å². The van der Waals surface area contributed by atoms with E-state index < -0.39 is 0 Å². The summed E-state index contributed by atoms with van der Waals surface area (Å²) in [5.41, 5.74) is 6.65. The van der Waals surface area contributed by atoms with E-state index in [9.17, 15) is 0 Å². The van der Waals surface area contributed by atoms with Gasteiger partial charge in [-0.2, -0.15) is 4.98 Å². The molecule has 5 heteroatoms. The van der Waals surface area contributed by atoms with Crippen molar-refractivity contribution in [1.29, 1.82) is 0 Å². The first-order valence-corrected chi connectivity index (χ1v) is 4.99. The lowest BCUT2D eigenvalue weighted by Gasteiger charge is -2.02. The molecule has 0 saturated carbocycles. The van der Waals surface area contributed by atoms with E-state index in [4.69, 9.17) is 10.3 Å². The zero-order valence-corrected chi connectivity index (χ0v) is 8.68. The minimum atomic E-state index is 0.516. The number of rotatable bonds is 4. The third-order valence-electron chi connectivity index (χ3n) is 2.26. The molecule has 5 nitrogen and oxygen atoms in total. The Labute approximate surface area is 87.9 Å². The highest BCUT2D eigenvalue weighted by Gasteiger charge is 2.06. The summed E-state index contributed by atoms with van der Waals surface area (Å²) < 4.78 is 7.11. The van der Waals surface area contributed by atoms with Crippen molar-refractivity contribution < 1.29 is 4.52 Å². The molecule has 2 heterocycles. The number of hydrogen-bond acceptors (Lipinski definition) is 4. The van der Waals surface area contributed by atoms with Gasteiger partial charge in [0, 0.05) is 24.9 Å². The second-order valence-corrected chi connectivity index (χ2v) is 3.29. The normalized spacial score (nSPS) is 10.8. The molecule has 0 fully saturated rings. The summed E-state index contributed by atoms with van der Waals surface area (Å²) in [6, 6.07) is 3.94. The maximum atomic E-state index is 5.59. The quantitative estimate of drug-likeness (QED) is 0.808. The molecule has 0 radical (unpaired) electrons. The van der Waals surface area contributed by atoms with Gasteiger partial charge < -0.3 is 14.8 Å². The lowest BCUT2D eigenvalue weighted by molar-refractivity contribution is 0.365. The maximum absolute atomic E-state index is 5.59. The lowest BCUT2D eigenvalue weighted by Crippen LogP contribution is -2.07. The van der Waals surface area contributed by atoms with Crippen LogP contribution in [0, 0.1) is 0 Å². The van der Waals surface area contributed by atoms with Gasteiger partial charge >= 0.3 is 0 Å². The molecule has 2 rings (SSSR count). The first kappa shape index (κ1) is 9.92. The fraction of sp³-hybridized carbons (Fsp3) is 0.400. The summed E-state index contributed by atoms with van der Waals surface area (Å²) in [5.74, 6) is 1.37. The van der Waals surface area contributed by atoms with E-state index in [1.165, 1.54) is 0 Å². The molecule has 80 valence electrons. The molecule has 0 aliphatic heterocycles. The molecule has 2 aromatic rings. The minimum absolute atomic E-state index is 0.516. The minimum Gasteiger partial charge on any atom is -0.341 e. The van der Waals surface area contributed by atoms with Crippen molar-refractivity contribution in [1.82, 2.24) is 14.7 Å². The van der Waals surface area contributed by atoms with Gasteiger partial charge in [-0.25, -0.2) is 0 Å². The van der Waals surface area contributed by atoms with E-state index in [-0.39, 0.29) is 0 Å². The van der Waals surface area contributed by atoms with Crippen LogP contribution in [-0.4, -0.2) is 14.7 Å². The van der Waals surface area contributed by atoms with Crippen molar-refractivity contribution in [3.05, 3.63) is 35.7 Å². The first-order valence-electron chi connectivity index (χ1n) is 4.99. The molecule has 0 atom stereocenters. The molecule has 0 bridgehead atoms. The molecule has 2 N–H and O–H groups in total. The number of hydrogen-bond donors (Lipinski definition) is 1. The van der Waals surface area contributed by atoms with Gasteiger partial charge in [0.25, 0.3) is 0 Å². The van der Waals surface area contributed by atoms with Crippen LogP contribution in [0.1, 0.15) is 24.3 Å². The van der Waals surface area contributed by atoms with Gasteiger partial charge in [0.15, 0.2) is 5.82 Å². The molecule has 15 heavy (non-hydrogen) atoms. The summed E-state index contributed by atoms with van der Waals surface area (Å²) in [5, 5.41) is 3.84. The van der Waals surface area contributed by atoms with Crippen molar-refractivity contribution in [2.75, 3.05) is 0 Å². The van der Waals surface area contributed by atoms with Gasteiger partial charge in [-0.3, -0.25) is 0 Å². The average Bonchev–Trinajstić information content (AvgIpc) is 2.87. The van der Waals surface area contributed by atoms with Gasteiger partial charge in [0.1, 0.15) is 6.54 Å². The SMILES string of the molecule is CCc1noc(Cn2cccc2CN)n1. The lowest BCUT2D eigenvalue weighted by atomic mass is 10.4. The molecule has 2 aromatic heterocycles. The second kappa shape index (κ2) is 4.27. The van der Waals surface area contributed by atoms with Crippen molar-refractivity contribution in [2.24, 2.45) is 5.73 Å². The predicted molar refractivity (Wildman–Crippen MR) is 55.1 cm³/mol. The molecule has 0 spiro atoms. The summed E-state index contributed by atoms with van der Waals surface area (Å²) in [6.07, 6.45) is 2.75. The Kier molecular flexibility index (Phi) is 2.82. The van der Waals surface area contributed by atoms with Gasteiger partial charge in [-0.05, 0) is 12.1 Å². The van der Waals surface area contributed by atoms with Crippen LogP contribution in [0.2, 0.25) is 0 Å². The van der Waals surface area contributed by atoms with Crippen LogP contribution in [0.25, 0.3) is 0 Å². The molecule has 0 unspecified atom stereocenters. The summed E-state index contributed by atoms with van der Waals surface area (Å²) in [7, 11) is 0. The van der Waals surface area contributed by atoms with Crippen molar-refractivity contribution in [2.45, 2.75) is 26.4 Å². The topological polar surface area (TPSA) is 69.9 Å². The Bertz CT molecular complexity index is 432. The van der Waals surface area contributed by atoms with E-state index in [2.05, 4.69) is 10.1 Å². The summed E-state index contributed by atoms with van der Waals surface area (Å²) in [6.45, 7) is 3.10. The largest absolute Gasteiger partial charge is 0.341 e. The van der Waals surface area contributed by atoms with Crippen molar-refractivity contribution in [3.8, 4) is 0 Å². The number of nitrogens with zero attached hydrogens (tertiary/aromatic N) is 3. The number of aromatic nitrogens is 3. The maximum Gasteiger partial charge on any atom is 0.246 e. The van der Waals surface area contributed by atoms with E-state index in [1.807, 2.05) is 29.8 Å². The van der Waals surface area contributed by atoms with E-state index in [1.54, 1.807) is 0 Å². The molecule has 0 aliphatic carbocycles. The Balaban J connectivity index is 2.14. The number of aryl methyl sites for hydroxylation is 1. The molecule has 0 aliphatic rings. The predicted octanol–water partition coefficient (Wildman–Crippen LogP) is 0.940. The Morgan fingerprint density at radius 1 is 1.53 bits per heavy atom. The summed E-state index contributed by atoms with van der Waals surface area (Å²) in [4.78, 5) is 4.24. The van der Waals surface area contributed by atoms with Crippen LogP contribution < -0.4 is 5.73 Å². The highest BCUT2D eigenvalue weighted by molar-refractivity contribution is 5.07. The van der Waals surface area contributed by atoms with E-state index >= 15 is 0 Å². The van der Waals surface area contributed by atoms with Crippen LogP contribution in [0.3, 0.4) is 0 Å². The molecule has 0 amide bonds. The van der Waals surface area contributed by atoms with Crippen LogP contribution in [0.5, 0.6) is 0 Å². The first-order chi connectivity index (χ1) is 7.33. The molecular formula is C10H14N4O. The number of nitrogens with two attached hydrogens (primary N) is 1. The average molecular weight is 206 g/mol. The van der Waals surface area contributed by atoms with Crippen LogP contribution in [0.15, 0.2) is 22.9 Å². The van der Waals surface area contributed by atoms with E-state index in [0.717, 1.165) is 17.9 Å². The van der Waals surface area contributed by atoms with Crippen molar-refractivity contribution >= 4 is 0 Å². The monoisotopic (exact) mass is 206 g/mol. The highest BCUT2D eigenvalue weighted by Crippen LogP contribution is 2.06. The third-order valence-corrected chi connectivity index (χ3v) is 2.26. The third kappa shape index (κ3) is 2.07. The van der Waals surface area contributed by atoms with Gasteiger partial charge in [0.05, 0.1) is 0 Å². The smallest absolute Gasteiger partial charge is 0.246 e. The van der Waals surface area contributed by atoms with Crippen molar-refractivity contribution in [3.63, 3.8) is 0 Å². The molecular weight excluding hydrogens is 192 g/mol. The second-order valence-electron chi connectivity index (χ2n) is 3.29. The van der Waals surface area contributed by atoms with Gasteiger partial charge in [-0.1, -0.05) is 12.1 Å². The Morgan fingerprint density at radius 2 is 2.40 bits per heavy atom. The van der Waals surface area contributed by atoms with Crippen LogP contribution in [0.4, 0.5) is 0 Å². The highest BCUT2D eigenvalue weighted by atomic mass is 16.5. The Morgan fingerprint density at radius 3 is 3.07 bits per heavy atom. The summed E-state index contributed by atoms with van der Waals surface area (Å²) >= 11 is 0. The van der Waals surface area contributed by atoms with Crippen LogP contribution >= 0.6 is 0 Å². The fourth-order valence-electron chi connectivity index (χ4n) is 1.43.